The van der Waals surface area contributed by atoms with Crippen molar-refractivity contribution in [3.05, 3.63) is 59.2 Å². The fourth-order valence-corrected chi connectivity index (χ4v) is 4.23. The molecule has 1 aliphatic heterocycles. The number of hydrogen-bond donors (Lipinski definition) is 1. The maximum atomic E-state index is 4.70. The standard InChI is InChI=1S/C20H22N2S/c1-12(2)19-21-18(22-23-19)15-9-6-5-8-13(15)14-10-7-11-16-17(14)20(16,3)4/h5-12,19H,1-4H3,(H,21,22). The molecule has 2 aliphatic rings. The molecule has 0 saturated carbocycles. The lowest BCUT2D eigenvalue weighted by Crippen LogP contribution is -2.31. The molecule has 1 atom stereocenters. The fraction of sp³-hybridized carbons (Fsp3) is 0.350. The number of nitrogens with zero attached hydrogens (tertiary/aromatic N) is 1. The second-order valence-electron chi connectivity index (χ2n) is 7.25. The lowest BCUT2D eigenvalue weighted by atomic mass is 9.96. The van der Waals surface area contributed by atoms with Crippen LogP contribution in [-0.4, -0.2) is 11.2 Å². The highest BCUT2D eigenvalue weighted by Crippen LogP contribution is 2.54. The summed E-state index contributed by atoms with van der Waals surface area (Å²) in [5, 5.41) is 3.95. The first-order valence-corrected chi connectivity index (χ1v) is 9.08. The normalized spacial score (nSPS) is 20.9. The van der Waals surface area contributed by atoms with Gasteiger partial charge in [-0.05, 0) is 28.2 Å². The zero-order chi connectivity index (χ0) is 16.2. The Morgan fingerprint density at radius 2 is 1.70 bits per heavy atom. The molecule has 0 aromatic heterocycles. The molecule has 0 saturated heterocycles. The molecule has 118 valence electrons. The minimum Gasteiger partial charge on any atom is -0.355 e. The van der Waals surface area contributed by atoms with E-state index in [1.54, 1.807) is 11.9 Å². The second-order valence-corrected chi connectivity index (χ2v) is 8.15. The highest BCUT2D eigenvalue weighted by molar-refractivity contribution is 7.99. The number of nitrogens with one attached hydrogen (secondary N) is 1. The fourth-order valence-electron chi connectivity index (χ4n) is 3.46. The van der Waals surface area contributed by atoms with Gasteiger partial charge in [-0.2, -0.15) is 4.40 Å². The van der Waals surface area contributed by atoms with Crippen LogP contribution in [0.1, 0.15) is 44.4 Å². The summed E-state index contributed by atoms with van der Waals surface area (Å²) < 4.78 is 4.70. The first-order chi connectivity index (χ1) is 11.0. The number of hydrogen-bond acceptors (Lipinski definition) is 3. The van der Waals surface area contributed by atoms with Gasteiger partial charge in [-0.3, -0.25) is 0 Å². The molecule has 1 unspecified atom stereocenters. The summed E-state index contributed by atoms with van der Waals surface area (Å²) in [5.74, 6) is 1.57. The number of benzene rings is 2. The van der Waals surface area contributed by atoms with Gasteiger partial charge in [0.25, 0.3) is 0 Å². The van der Waals surface area contributed by atoms with Crippen molar-refractivity contribution in [3.63, 3.8) is 0 Å². The Hall–Kier alpha value is -1.74. The summed E-state index contributed by atoms with van der Waals surface area (Å²) in [6, 6.07) is 15.3. The van der Waals surface area contributed by atoms with E-state index in [0.29, 0.717) is 11.3 Å². The molecule has 2 aromatic carbocycles. The minimum absolute atomic E-state index is 0.214. The Bertz CT molecular complexity index is 805. The molecule has 0 fully saturated rings. The van der Waals surface area contributed by atoms with Crippen LogP contribution in [-0.2, 0) is 5.41 Å². The Balaban J connectivity index is 1.77. The first kappa shape index (κ1) is 14.8. The molecule has 23 heavy (non-hydrogen) atoms. The average Bonchev–Trinajstić information content (AvgIpc) is 2.92. The predicted octanol–water partition coefficient (Wildman–Crippen LogP) is 4.97. The molecule has 0 bridgehead atoms. The number of fused-ring (bicyclic) bond motifs is 1. The van der Waals surface area contributed by atoms with Crippen LogP contribution in [0.4, 0.5) is 0 Å². The number of amidine groups is 1. The van der Waals surface area contributed by atoms with Crippen LogP contribution >= 0.6 is 11.9 Å². The second kappa shape index (κ2) is 5.13. The van der Waals surface area contributed by atoms with Crippen LogP contribution in [0.2, 0.25) is 0 Å². The molecule has 4 rings (SSSR count). The monoisotopic (exact) mass is 322 g/mol. The van der Waals surface area contributed by atoms with E-state index in [9.17, 15) is 0 Å². The van der Waals surface area contributed by atoms with Crippen LogP contribution in [0.3, 0.4) is 0 Å². The van der Waals surface area contributed by atoms with Gasteiger partial charge in [0.2, 0.25) is 0 Å². The van der Waals surface area contributed by atoms with Crippen molar-refractivity contribution in [1.82, 2.24) is 5.32 Å². The van der Waals surface area contributed by atoms with Gasteiger partial charge in [-0.25, -0.2) is 0 Å². The predicted molar refractivity (Wildman–Crippen MR) is 99.9 cm³/mol. The maximum Gasteiger partial charge on any atom is 0.142 e. The SMILES string of the molecule is CC(C)C1NC(c2ccccc2-c2cccc3c2C3(C)C)=NS1. The molecular weight excluding hydrogens is 300 g/mol. The van der Waals surface area contributed by atoms with Gasteiger partial charge < -0.3 is 5.32 Å². The number of rotatable bonds is 3. The van der Waals surface area contributed by atoms with Crippen molar-refractivity contribution in [2.24, 2.45) is 10.3 Å². The van der Waals surface area contributed by atoms with E-state index in [-0.39, 0.29) is 5.41 Å². The smallest absolute Gasteiger partial charge is 0.142 e. The van der Waals surface area contributed by atoms with Gasteiger partial charge in [0.1, 0.15) is 5.84 Å². The van der Waals surface area contributed by atoms with Crippen LogP contribution in [0.5, 0.6) is 0 Å². The highest BCUT2D eigenvalue weighted by Gasteiger charge is 2.43. The van der Waals surface area contributed by atoms with E-state index in [4.69, 9.17) is 4.40 Å². The minimum atomic E-state index is 0.214. The van der Waals surface area contributed by atoms with E-state index < -0.39 is 0 Å². The van der Waals surface area contributed by atoms with Gasteiger partial charge >= 0.3 is 0 Å². The summed E-state index contributed by atoms with van der Waals surface area (Å²) in [4.78, 5) is 0. The molecule has 1 aliphatic carbocycles. The lowest BCUT2D eigenvalue weighted by Gasteiger charge is -2.16. The highest BCUT2D eigenvalue weighted by atomic mass is 32.2. The van der Waals surface area contributed by atoms with Crippen molar-refractivity contribution in [2.75, 3.05) is 0 Å². The van der Waals surface area contributed by atoms with Gasteiger partial charge in [0.15, 0.2) is 0 Å². The molecule has 1 heterocycles. The van der Waals surface area contributed by atoms with Crippen molar-refractivity contribution >= 4 is 17.8 Å². The van der Waals surface area contributed by atoms with Crippen molar-refractivity contribution in [2.45, 2.75) is 38.5 Å². The zero-order valence-corrected chi connectivity index (χ0v) is 14.9. The average molecular weight is 322 g/mol. The molecule has 0 amide bonds. The van der Waals surface area contributed by atoms with E-state index in [2.05, 4.69) is 75.5 Å². The van der Waals surface area contributed by atoms with Gasteiger partial charge in [-0.1, -0.05) is 70.2 Å². The van der Waals surface area contributed by atoms with Crippen LogP contribution in [0.25, 0.3) is 11.1 Å². The summed E-state index contributed by atoms with van der Waals surface area (Å²) in [6.07, 6.45) is 0. The van der Waals surface area contributed by atoms with Crippen LogP contribution in [0.15, 0.2) is 46.9 Å². The van der Waals surface area contributed by atoms with Gasteiger partial charge in [-0.15, -0.1) is 0 Å². The molecular formula is C20H22N2S. The maximum absolute atomic E-state index is 4.70. The third-order valence-electron chi connectivity index (χ3n) is 4.91. The Morgan fingerprint density at radius 1 is 1.00 bits per heavy atom. The van der Waals surface area contributed by atoms with Gasteiger partial charge in [0, 0.05) is 22.9 Å². The summed E-state index contributed by atoms with van der Waals surface area (Å²) >= 11 is 1.65. The summed E-state index contributed by atoms with van der Waals surface area (Å²) in [7, 11) is 0. The van der Waals surface area contributed by atoms with E-state index in [1.807, 2.05) is 0 Å². The molecule has 1 N–H and O–H groups in total. The quantitative estimate of drug-likeness (QED) is 0.807. The molecule has 3 heteroatoms. The van der Waals surface area contributed by atoms with Crippen LogP contribution < -0.4 is 5.32 Å². The largest absolute Gasteiger partial charge is 0.355 e. The molecule has 0 spiro atoms. The van der Waals surface area contributed by atoms with E-state index >= 15 is 0 Å². The zero-order valence-electron chi connectivity index (χ0n) is 14.1. The van der Waals surface area contributed by atoms with E-state index in [1.165, 1.54) is 27.8 Å². The van der Waals surface area contributed by atoms with E-state index in [0.717, 1.165) is 5.84 Å². The van der Waals surface area contributed by atoms with Crippen LogP contribution in [0, 0.1) is 5.92 Å². The Morgan fingerprint density at radius 3 is 2.39 bits per heavy atom. The van der Waals surface area contributed by atoms with Crippen molar-refractivity contribution < 1.29 is 0 Å². The lowest BCUT2D eigenvalue weighted by molar-refractivity contribution is 0.589. The third kappa shape index (κ3) is 2.29. The molecule has 2 aromatic rings. The molecule has 0 radical (unpaired) electrons. The molecule has 2 nitrogen and oxygen atoms in total. The van der Waals surface area contributed by atoms with Crippen molar-refractivity contribution in [3.8, 4) is 11.1 Å². The topological polar surface area (TPSA) is 24.4 Å². The first-order valence-electron chi connectivity index (χ1n) is 8.24. The Kier molecular flexibility index (Phi) is 3.31. The summed E-state index contributed by atoms with van der Waals surface area (Å²) in [5.41, 5.74) is 7.02. The summed E-state index contributed by atoms with van der Waals surface area (Å²) in [6.45, 7) is 9.07. The Labute approximate surface area is 142 Å². The van der Waals surface area contributed by atoms with Gasteiger partial charge in [0.05, 0.1) is 5.37 Å². The third-order valence-corrected chi connectivity index (χ3v) is 6.09. The van der Waals surface area contributed by atoms with Crippen molar-refractivity contribution in [1.29, 1.82) is 0 Å².